The van der Waals surface area contributed by atoms with E-state index in [1.54, 1.807) is 17.0 Å². The van der Waals surface area contributed by atoms with Crippen LogP contribution in [-0.2, 0) is 9.59 Å². The molecule has 0 radical (unpaired) electrons. The van der Waals surface area contributed by atoms with Gasteiger partial charge in [0.25, 0.3) is 0 Å². The molecule has 28 heavy (non-hydrogen) atoms. The van der Waals surface area contributed by atoms with Crippen LogP contribution in [0.15, 0.2) is 48.5 Å². The Morgan fingerprint density at radius 2 is 1.36 bits per heavy atom. The van der Waals surface area contributed by atoms with Gasteiger partial charge in [0, 0.05) is 55.4 Å². The van der Waals surface area contributed by atoms with E-state index >= 15 is 0 Å². The van der Waals surface area contributed by atoms with E-state index in [-0.39, 0.29) is 30.3 Å². The topological polar surface area (TPSA) is 80.8 Å². The lowest BCUT2D eigenvalue weighted by molar-refractivity contribution is -0.305. The summed E-state index contributed by atoms with van der Waals surface area (Å²) in [5, 5.41) is 10.5. The fourth-order valence-corrected chi connectivity index (χ4v) is 3.17. The van der Waals surface area contributed by atoms with Crippen LogP contribution in [0.4, 0.5) is 10.1 Å². The molecule has 146 valence electrons. The van der Waals surface area contributed by atoms with Gasteiger partial charge in [-0.3, -0.25) is 9.59 Å². The van der Waals surface area contributed by atoms with Gasteiger partial charge in [0.1, 0.15) is 5.82 Å². The molecule has 1 heterocycles. The molecule has 1 fully saturated rings. The number of hydrogen-bond donors (Lipinski definition) is 0. The van der Waals surface area contributed by atoms with Crippen LogP contribution < -0.4 is 10.0 Å². The van der Waals surface area contributed by atoms with E-state index in [4.69, 9.17) is 0 Å². The van der Waals surface area contributed by atoms with Gasteiger partial charge in [-0.1, -0.05) is 0 Å². The van der Waals surface area contributed by atoms with Crippen molar-refractivity contribution < 1.29 is 23.9 Å². The second-order valence-electron chi connectivity index (χ2n) is 6.62. The van der Waals surface area contributed by atoms with E-state index in [1.165, 1.54) is 24.3 Å². The summed E-state index contributed by atoms with van der Waals surface area (Å²) in [7, 11) is 0. The maximum absolute atomic E-state index is 13.0. The SMILES string of the molecule is O=C([O-])CCC(=O)N1CCN(c2ccc(C(=O)c3ccc(F)cc3)cc2)CC1. The number of carboxylic acids is 1. The number of carbonyl (C=O) groups excluding carboxylic acids is 3. The monoisotopic (exact) mass is 383 g/mol. The van der Waals surface area contributed by atoms with Gasteiger partial charge in [0.05, 0.1) is 0 Å². The molecule has 2 aromatic carbocycles. The zero-order valence-electron chi connectivity index (χ0n) is 15.3. The van der Waals surface area contributed by atoms with E-state index in [0.717, 1.165) is 5.69 Å². The second-order valence-corrected chi connectivity index (χ2v) is 6.62. The molecule has 0 atom stereocenters. The van der Waals surface area contributed by atoms with Crippen molar-refractivity contribution in [2.75, 3.05) is 31.1 Å². The summed E-state index contributed by atoms with van der Waals surface area (Å²) in [5.41, 5.74) is 1.89. The second kappa shape index (κ2) is 8.65. The molecule has 3 rings (SSSR count). The Hall–Kier alpha value is -3.22. The first-order valence-corrected chi connectivity index (χ1v) is 9.07. The lowest BCUT2D eigenvalue weighted by atomic mass is 10.0. The molecule has 7 heteroatoms. The first-order valence-electron chi connectivity index (χ1n) is 9.07. The Bertz CT molecular complexity index is 857. The molecule has 1 amide bonds. The van der Waals surface area contributed by atoms with Gasteiger partial charge in [-0.15, -0.1) is 0 Å². The number of carboxylic acid groups (broad SMARTS) is 1. The van der Waals surface area contributed by atoms with Gasteiger partial charge in [-0.05, 0) is 55.0 Å². The Balaban J connectivity index is 1.57. The van der Waals surface area contributed by atoms with E-state index in [0.29, 0.717) is 37.3 Å². The predicted molar refractivity (Wildman–Crippen MR) is 99.3 cm³/mol. The number of halogens is 1. The van der Waals surface area contributed by atoms with Crippen molar-refractivity contribution in [1.29, 1.82) is 0 Å². The van der Waals surface area contributed by atoms with Crippen LogP contribution >= 0.6 is 0 Å². The normalized spacial score (nSPS) is 14.0. The number of amides is 1. The first-order chi connectivity index (χ1) is 13.4. The van der Waals surface area contributed by atoms with Gasteiger partial charge >= 0.3 is 0 Å². The molecule has 1 saturated heterocycles. The zero-order chi connectivity index (χ0) is 20.1. The van der Waals surface area contributed by atoms with E-state index in [9.17, 15) is 23.9 Å². The van der Waals surface area contributed by atoms with Crippen molar-refractivity contribution in [3.63, 3.8) is 0 Å². The average Bonchev–Trinajstić information content (AvgIpc) is 2.72. The molecule has 1 aliphatic rings. The molecular formula is C21H20FN2O4-. The summed E-state index contributed by atoms with van der Waals surface area (Å²) in [6.07, 6.45) is -0.300. The van der Waals surface area contributed by atoms with Gasteiger partial charge in [0.2, 0.25) is 5.91 Å². The average molecular weight is 383 g/mol. The Kier molecular flexibility index (Phi) is 6.03. The molecule has 0 aliphatic carbocycles. The minimum Gasteiger partial charge on any atom is -0.550 e. The van der Waals surface area contributed by atoms with E-state index in [1.807, 2.05) is 12.1 Å². The minimum atomic E-state index is -1.22. The Morgan fingerprint density at radius 1 is 0.821 bits per heavy atom. The first kappa shape index (κ1) is 19.5. The lowest BCUT2D eigenvalue weighted by Crippen LogP contribution is -2.49. The van der Waals surface area contributed by atoms with E-state index < -0.39 is 5.97 Å². The summed E-state index contributed by atoms with van der Waals surface area (Å²) < 4.78 is 13.0. The van der Waals surface area contributed by atoms with Crippen LogP contribution in [0.3, 0.4) is 0 Å². The number of aliphatic carboxylic acids is 1. The molecule has 0 aromatic heterocycles. The smallest absolute Gasteiger partial charge is 0.223 e. The lowest BCUT2D eigenvalue weighted by Gasteiger charge is -2.36. The number of rotatable bonds is 6. The third-order valence-electron chi connectivity index (χ3n) is 4.78. The van der Waals surface area contributed by atoms with Crippen molar-refractivity contribution in [2.24, 2.45) is 0 Å². The quantitative estimate of drug-likeness (QED) is 0.701. The highest BCUT2D eigenvalue weighted by atomic mass is 19.1. The highest BCUT2D eigenvalue weighted by molar-refractivity contribution is 6.09. The molecule has 0 saturated carbocycles. The molecule has 0 spiro atoms. The minimum absolute atomic E-state index is 0.0392. The fraction of sp³-hybridized carbons (Fsp3) is 0.286. The summed E-state index contributed by atoms with van der Waals surface area (Å²) >= 11 is 0. The standard InChI is InChI=1S/C21H21FN2O4/c22-17-5-1-15(2-6-17)21(28)16-3-7-18(8-4-16)23-11-13-24(14-12-23)19(25)9-10-20(26)27/h1-8H,9-14H2,(H,26,27)/p-1. The number of carbonyl (C=O) groups is 3. The highest BCUT2D eigenvalue weighted by Crippen LogP contribution is 2.19. The number of benzene rings is 2. The van der Waals surface area contributed by atoms with Crippen LogP contribution in [0.25, 0.3) is 0 Å². The summed E-state index contributed by atoms with van der Waals surface area (Å²) in [5.74, 6) is -1.95. The van der Waals surface area contributed by atoms with Crippen LogP contribution in [0.5, 0.6) is 0 Å². The van der Waals surface area contributed by atoms with Gasteiger partial charge in [-0.2, -0.15) is 0 Å². The molecule has 0 bridgehead atoms. The van der Waals surface area contributed by atoms with Crippen molar-refractivity contribution in [3.8, 4) is 0 Å². The molecule has 0 unspecified atom stereocenters. The van der Waals surface area contributed by atoms with Gasteiger partial charge in [-0.25, -0.2) is 4.39 Å². The number of ketones is 1. The number of piperazine rings is 1. The van der Waals surface area contributed by atoms with E-state index in [2.05, 4.69) is 4.90 Å². The predicted octanol–water partition coefficient (Wildman–Crippen LogP) is 1.24. The largest absolute Gasteiger partial charge is 0.550 e. The van der Waals surface area contributed by atoms with Crippen LogP contribution in [0.2, 0.25) is 0 Å². The van der Waals surface area contributed by atoms with Crippen molar-refractivity contribution in [3.05, 3.63) is 65.5 Å². The van der Waals surface area contributed by atoms with Crippen molar-refractivity contribution in [2.45, 2.75) is 12.8 Å². The number of anilines is 1. The highest BCUT2D eigenvalue weighted by Gasteiger charge is 2.21. The van der Waals surface area contributed by atoms with Gasteiger partial charge in [0.15, 0.2) is 5.78 Å². The van der Waals surface area contributed by atoms with Crippen LogP contribution in [0, 0.1) is 5.82 Å². The zero-order valence-corrected chi connectivity index (χ0v) is 15.3. The maximum atomic E-state index is 13.0. The Labute approximate surface area is 162 Å². The Morgan fingerprint density at radius 3 is 1.89 bits per heavy atom. The summed E-state index contributed by atoms with van der Waals surface area (Å²) in [6, 6.07) is 12.6. The molecule has 2 aromatic rings. The van der Waals surface area contributed by atoms with Gasteiger partial charge < -0.3 is 19.7 Å². The van der Waals surface area contributed by atoms with Crippen molar-refractivity contribution >= 4 is 23.3 Å². The molecule has 1 aliphatic heterocycles. The summed E-state index contributed by atoms with van der Waals surface area (Å²) in [4.78, 5) is 38.7. The molecular weight excluding hydrogens is 363 g/mol. The fourth-order valence-electron chi connectivity index (χ4n) is 3.17. The third kappa shape index (κ3) is 4.73. The summed E-state index contributed by atoms with van der Waals surface area (Å²) in [6.45, 7) is 2.29. The van der Waals surface area contributed by atoms with Crippen LogP contribution in [0.1, 0.15) is 28.8 Å². The number of hydrogen-bond acceptors (Lipinski definition) is 5. The van der Waals surface area contributed by atoms with Crippen molar-refractivity contribution in [1.82, 2.24) is 4.90 Å². The molecule has 0 N–H and O–H groups in total. The maximum Gasteiger partial charge on any atom is 0.223 e. The number of nitrogens with zero attached hydrogens (tertiary/aromatic N) is 2. The van der Waals surface area contributed by atoms with Crippen LogP contribution in [-0.4, -0.2) is 48.7 Å². The third-order valence-corrected chi connectivity index (χ3v) is 4.78. The molecule has 6 nitrogen and oxygen atoms in total.